The Balaban J connectivity index is 1.84. The van der Waals surface area contributed by atoms with Gasteiger partial charge >= 0.3 is 0 Å². The smallest absolute Gasteiger partial charge is 0.128 e. The highest BCUT2D eigenvalue weighted by atomic mass is 16.5. The fourth-order valence-electron chi connectivity index (χ4n) is 2.67. The van der Waals surface area contributed by atoms with Crippen molar-refractivity contribution in [3.63, 3.8) is 0 Å². The van der Waals surface area contributed by atoms with Gasteiger partial charge in [0.2, 0.25) is 0 Å². The molecule has 0 aliphatic carbocycles. The number of fused-ring (bicyclic) bond motifs is 1. The number of benzene rings is 1. The number of aromatic nitrogens is 1. The minimum absolute atomic E-state index is 0.712. The monoisotopic (exact) mass is 288 g/mol. The van der Waals surface area contributed by atoms with Gasteiger partial charge in [0, 0.05) is 24.7 Å². The largest absolute Gasteiger partial charge is 0.493 e. The summed E-state index contributed by atoms with van der Waals surface area (Å²) in [7, 11) is 0. The maximum absolute atomic E-state index is 5.68. The third-order valence-electron chi connectivity index (χ3n) is 3.81. The van der Waals surface area contributed by atoms with Crippen LogP contribution >= 0.6 is 0 Å². The van der Waals surface area contributed by atoms with Crippen LogP contribution in [0.15, 0.2) is 30.5 Å². The molecule has 0 fully saturated rings. The molecule has 1 heterocycles. The average molecular weight is 288 g/mol. The van der Waals surface area contributed by atoms with Crippen LogP contribution in [0.4, 0.5) is 0 Å². The Bertz CT molecular complexity index is 533. The van der Waals surface area contributed by atoms with Crippen molar-refractivity contribution in [1.29, 1.82) is 0 Å². The molecule has 0 atom stereocenters. The molecule has 2 rings (SSSR count). The zero-order valence-electron chi connectivity index (χ0n) is 13.4. The van der Waals surface area contributed by atoms with Gasteiger partial charge in [-0.2, -0.15) is 0 Å². The van der Waals surface area contributed by atoms with Gasteiger partial charge in [-0.05, 0) is 38.1 Å². The molecule has 21 heavy (non-hydrogen) atoms. The van der Waals surface area contributed by atoms with Crippen molar-refractivity contribution < 1.29 is 4.74 Å². The van der Waals surface area contributed by atoms with Gasteiger partial charge < -0.3 is 14.6 Å². The zero-order valence-corrected chi connectivity index (χ0v) is 13.4. The summed E-state index contributed by atoms with van der Waals surface area (Å²) in [6.45, 7) is 8.15. The van der Waals surface area contributed by atoms with Gasteiger partial charge in [-0.3, -0.25) is 0 Å². The summed E-state index contributed by atoms with van der Waals surface area (Å²) in [6, 6.07) is 8.44. The first kappa shape index (κ1) is 15.9. The Hall–Kier alpha value is -1.48. The third-order valence-corrected chi connectivity index (χ3v) is 3.81. The second kappa shape index (κ2) is 8.73. The molecule has 2 aromatic rings. The molecule has 0 saturated carbocycles. The minimum Gasteiger partial charge on any atom is -0.493 e. The number of nitrogens with one attached hydrogen (secondary N) is 1. The molecule has 0 aliphatic heterocycles. The molecular formula is C18H28N2O. The topological polar surface area (TPSA) is 26.2 Å². The normalized spacial score (nSPS) is 11.1. The van der Waals surface area contributed by atoms with Gasteiger partial charge in [-0.25, -0.2) is 0 Å². The average Bonchev–Trinajstić information content (AvgIpc) is 2.91. The zero-order chi connectivity index (χ0) is 14.9. The molecular weight excluding hydrogens is 260 g/mol. The van der Waals surface area contributed by atoms with Gasteiger partial charge in [0.05, 0.1) is 12.1 Å². The SMILES string of the molecule is CCCCCCNCCn1ccc2c(OCC)cccc21. The van der Waals surface area contributed by atoms with Crippen LogP contribution in [-0.4, -0.2) is 24.3 Å². The summed E-state index contributed by atoms with van der Waals surface area (Å²) >= 11 is 0. The van der Waals surface area contributed by atoms with Gasteiger partial charge in [0.1, 0.15) is 5.75 Å². The number of hydrogen-bond acceptors (Lipinski definition) is 2. The van der Waals surface area contributed by atoms with Crippen molar-refractivity contribution in [2.75, 3.05) is 19.7 Å². The van der Waals surface area contributed by atoms with Crippen LogP contribution in [-0.2, 0) is 6.54 Å². The Morgan fingerprint density at radius 2 is 1.95 bits per heavy atom. The van der Waals surface area contributed by atoms with E-state index in [1.54, 1.807) is 0 Å². The standard InChI is InChI=1S/C18H28N2O/c1-3-5-6-7-12-19-13-15-20-14-11-16-17(20)9-8-10-18(16)21-4-2/h8-11,14,19H,3-7,12-13,15H2,1-2H3. The van der Waals surface area contributed by atoms with Gasteiger partial charge in [0.15, 0.2) is 0 Å². The van der Waals surface area contributed by atoms with E-state index in [0.29, 0.717) is 6.61 Å². The molecule has 1 aromatic carbocycles. The maximum Gasteiger partial charge on any atom is 0.128 e. The molecule has 0 unspecified atom stereocenters. The summed E-state index contributed by atoms with van der Waals surface area (Å²) in [5.41, 5.74) is 1.26. The highest BCUT2D eigenvalue weighted by Crippen LogP contribution is 2.26. The minimum atomic E-state index is 0.712. The van der Waals surface area contributed by atoms with Gasteiger partial charge in [-0.15, -0.1) is 0 Å². The fourth-order valence-corrected chi connectivity index (χ4v) is 2.67. The van der Waals surface area contributed by atoms with E-state index in [1.807, 2.05) is 13.0 Å². The number of rotatable bonds is 10. The van der Waals surface area contributed by atoms with Crippen LogP contribution in [0.25, 0.3) is 10.9 Å². The molecule has 116 valence electrons. The van der Waals surface area contributed by atoms with Crippen LogP contribution in [0.5, 0.6) is 5.75 Å². The molecule has 1 N–H and O–H groups in total. The van der Waals surface area contributed by atoms with E-state index in [2.05, 4.69) is 41.2 Å². The van der Waals surface area contributed by atoms with Crippen LogP contribution in [0, 0.1) is 0 Å². The van der Waals surface area contributed by atoms with Crippen LogP contribution in [0.2, 0.25) is 0 Å². The fraction of sp³-hybridized carbons (Fsp3) is 0.556. The van der Waals surface area contributed by atoms with Crippen molar-refractivity contribution in [1.82, 2.24) is 9.88 Å². The van der Waals surface area contributed by atoms with Crippen LogP contribution in [0.3, 0.4) is 0 Å². The lowest BCUT2D eigenvalue weighted by Crippen LogP contribution is -2.20. The van der Waals surface area contributed by atoms with Crippen LogP contribution < -0.4 is 10.1 Å². The Kier molecular flexibility index (Phi) is 6.61. The maximum atomic E-state index is 5.68. The number of nitrogens with zero attached hydrogens (tertiary/aromatic N) is 1. The Morgan fingerprint density at radius 1 is 1.05 bits per heavy atom. The van der Waals surface area contributed by atoms with E-state index in [0.717, 1.165) is 25.4 Å². The van der Waals surface area contributed by atoms with Gasteiger partial charge in [-0.1, -0.05) is 32.3 Å². The molecule has 0 amide bonds. The highest BCUT2D eigenvalue weighted by molar-refractivity contribution is 5.86. The molecule has 3 heteroatoms. The number of ether oxygens (including phenoxy) is 1. The molecule has 3 nitrogen and oxygen atoms in total. The Labute approximate surface area is 128 Å². The first-order chi connectivity index (χ1) is 10.4. The van der Waals surface area contributed by atoms with Crippen molar-refractivity contribution in [2.24, 2.45) is 0 Å². The third kappa shape index (κ3) is 4.50. The summed E-state index contributed by atoms with van der Waals surface area (Å²) in [6.07, 6.45) is 7.44. The summed E-state index contributed by atoms with van der Waals surface area (Å²) in [5.74, 6) is 0.987. The predicted octanol–water partition coefficient (Wildman–Crippen LogP) is 4.21. The van der Waals surface area contributed by atoms with E-state index >= 15 is 0 Å². The molecule has 0 saturated heterocycles. The predicted molar refractivity (Wildman–Crippen MR) is 90.1 cm³/mol. The van der Waals surface area contributed by atoms with E-state index in [9.17, 15) is 0 Å². The van der Waals surface area contributed by atoms with E-state index < -0.39 is 0 Å². The number of unbranched alkanes of at least 4 members (excludes halogenated alkanes) is 3. The highest BCUT2D eigenvalue weighted by Gasteiger charge is 2.05. The van der Waals surface area contributed by atoms with Crippen molar-refractivity contribution in [3.8, 4) is 5.75 Å². The number of hydrogen-bond donors (Lipinski definition) is 1. The second-order valence-corrected chi connectivity index (χ2v) is 5.44. The summed E-state index contributed by atoms with van der Waals surface area (Å²) in [5, 5.41) is 4.75. The van der Waals surface area contributed by atoms with Gasteiger partial charge in [0.25, 0.3) is 0 Å². The summed E-state index contributed by atoms with van der Waals surface area (Å²) < 4.78 is 7.99. The molecule has 1 aromatic heterocycles. The lowest BCUT2D eigenvalue weighted by atomic mass is 10.2. The molecule has 0 spiro atoms. The molecule has 0 bridgehead atoms. The second-order valence-electron chi connectivity index (χ2n) is 5.44. The van der Waals surface area contributed by atoms with Crippen molar-refractivity contribution in [2.45, 2.75) is 46.1 Å². The van der Waals surface area contributed by atoms with Crippen molar-refractivity contribution >= 4 is 10.9 Å². The Morgan fingerprint density at radius 3 is 2.76 bits per heavy atom. The first-order valence-corrected chi connectivity index (χ1v) is 8.28. The van der Waals surface area contributed by atoms with Crippen molar-refractivity contribution in [3.05, 3.63) is 30.5 Å². The summed E-state index contributed by atoms with van der Waals surface area (Å²) in [4.78, 5) is 0. The molecule has 0 radical (unpaired) electrons. The molecule has 0 aliphatic rings. The quantitative estimate of drug-likeness (QED) is 0.663. The first-order valence-electron chi connectivity index (χ1n) is 8.28. The lowest BCUT2D eigenvalue weighted by molar-refractivity contribution is 0.344. The lowest BCUT2D eigenvalue weighted by Gasteiger charge is -2.09. The van der Waals surface area contributed by atoms with E-state index in [-0.39, 0.29) is 0 Å². The van der Waals surface area contributed by atoms with E-state index in [4.69, 9.17) is 4.74 Å². The van der Waals surface area contributed by atoms with Crippen LogP contribution in [0.1, 0.15) is 39.5 Å². The van der Waals surface area contributed by atoms with E-state index in [1.165, 1.54) is 36.6 Å².